The van der Waals surface area contributed by atoms with Gasteiger partial charge in [-0.25, -0.2) is 4.39 Å². The highest BCUT2D eigenvalue weighted by Crippen LogP contribution is 2.28. The summed E-state index contributed by atoms with van der Waals surface area (Å²) in [5, 5.41) is 10.1. The van der Waals surface area contributed by atoms with Crippen LogP contribution in [-0.2, 0) is 5.60 Å². The van der Waals surface area contributed by atoms with Crippen molar-refractivity contribution in [2.24, 2.45) is 0 Å². The normalized spacial score (nSPS) is 14.2. The summed E-state index contributed by atoms with van der Waals surface area (Å²) in [4.78, 5) is 0. The predicted octanol–water partition coefficient (Wildman–Crippen LogP) is 4.11. The van der Waals surface area contributed by atoms with Gasteiger partial charge in [-0.15, -0.1) is 0 Å². The zero-order valence-electron chi connectivity index (χ0n) is 10.7. The highest BCUT2D eigenvalue weighted by Gasteiger charge is 2.20. The van der Waals surface area contributed by atoms with Gasteiger partial charge in [-0.1, -0.05) is 49.4 Å². The van der Waals surface area contributed by atoms with E-state index in [0.717, 1.165) is 11.1 Å². The Morgan fingerprint density at radius 2 is 1.67 bits per heavy atom. The average molecular weight is 244 g/mol. The number of aliphatic hydroxyl groups is 1. The topological polar surface area (TPSA) is 20.2 Å². The summed E-state index contributed by atoms with van der Waals surface area (Å²) in [5.41, 5.74) is 1.43. The minimum atomic E-state index is -0.826. The molecule has 0 saturated heterocycles. The molecule has 94 valence electrons. The number of halogens is 1. The van der Waals surface area contributed by atoms with Crippen molar-refractivity contribution in [1.82, 2.24) is 0 Å². The lowest BCUT2D eigenvalue weighted by molar-refractivity contribution is 0.0531. The van der Waals surface area contributed by atoms with Crippen LogP contribution in [0, 0.1) is 5.82 Å². The molecule has 1 nitrogen and oxygen atoms in total. The van der Waals surface area contributed by atoms with Crippen molar-refractivity contribution in [3.05, 3.63) is 59.9 Å². The molecule has 0 aliphatic rings. The van der Waals surface area contributed by atoms with Gasteiger partial charge in [-0.2, -0.15) is 0 Å². The van der Waals surface area contributed by atoms with Crippen molar-refractivity contribution in [3.8, 4) is 11.1 Å². The maximum atomic E-state index is 13.6. The molecule has 1 atom stereocenters. The third-order valence-electron chi connectivity index (χ3n) is 3.38. The highest BCUT2D eigenvalue weighted by atomic mass is 19.1. The van der Waals surface area contributed by atoms with Gasteiger partial charge in [0.1, 0.15) is 5.82 Å². The highest BCUT2D eigenvalue weighted by molar-refractivity contribution is 5.64. The number of hydrogen-bond donors (Lipinski definition) is 1. The van der Waals surface area contributed by atoms with Crippen LogP contribution in [-0.4, -0.2) is 5.11 Å². The van der Waals surface area contributed by atoms with Crippen LogP contribution in [0.2, 0.25) is 0 Å². The van der Waals surface area contributed by atoms with Gasteiger partial charge in [0, 0.05) is 5.56 Å². The van der Waals surface area contributed by atoms with E-state index in [2.05, 4.69) is 0 Å². The maximum absolute atomic E-state index is 13.6. The zero-order chi connectivity index (χ0) is 13.2. The van der Waals surface area contributed by atoms with E-state index in [1.165, 1.54) is 6.07 Å². The summed E-state index contributed by atoms with van der Waals surface area (Å²) in [6, 6.07) is 14.1. The molecule has 0 saturated carbocycles. The van der Waals surface area contributed by atoms with Crippen molar-refractivity contribution in [2.45, 2.75) is 25.9 Å². The molecule has 0 spiro atoms. The first-order valence-electron chi connectivity index (χ1n) is 6.12. The van der Waals surface area contributed by atoms with Gasteiger partial charge in [-0.3, -0.25) is 0 Å². The monoisotopic (exact) mass is 244 g/mol. The lowest BCUT2D eigenvalue weighted by Gasteiger charge is -2.22. The molecule has 1 unspecified atom stereocenters. The van der Waals surface area contributed by atoms with Crippen LogP contribution in [0.4, 0.5) is 4.39 Å². The Kier molecular flexibility index (Phi) is 3.48. The van der Waals surface area contributed by atoms with Crippen molar-refractivity contribution in [1.29, 1.82) is 0 Å². The van der Waals surface area contributed by atoms with Gasteiger partial charge in [-0.05, 0) is 30.5 Å². The van der Waals surface area contributed by atoms with E-state index in [-0.39, 0.29) is 5.82 Å². The second-order valence-electron chi connectivity index (χ2n) is 4.68. The third-order valence-corrected chi connectivity index (χ3v) is 3.38. The fourth-order valence-corrected chi connectivity index (χ4v) is 1.91. The van der Waals surface area contributed by atoms with Gasteiger partial charge < -0.3 is 5.11 Å². The van der Waals surface area contributed by atoms with E-state index >= 15 is 0 Å². The predicted molar refractivity (Wildman–Crippen MR) is 71.7 cm³/mol. The number of hydrogen-bond acceptors (Lipinski definition) is 1. The molecular weight excluding hydrogens is 227 g/mol. The van der Waals surface area contributed by atoms with E-state index in [1.54, 1.807) is 19.1 Å². The van der Waals surface area contributed by atoms with Crippen LogP contribution >= 0.6 is 0 Å². The summed E-state index contributed by atoms with van der Waals surface area (Å²) >= 11 is 0. The first-order valence-corrected chi connectivity index (χ1v) is 6.12. The Hall–Kier alpha value is -1.67. The molecule has 0 aliphatic heterocycles. The quantitative estimate of drug-likeness (QED) is 0.861. The molecule has 0 bridgehead atoms. The van der Waals surface area contributed by atoms with Crippen LogP contribution in [0.5, 0.6) is 0 Å². The van der Waals surface area contributed by atoms with E-state index < -0.39 is 5.60 Å². The average Bonchev–Trinajstić information content (AvgIpc) is 2.39. The lowest BCUT2D eigenvalue weighted by atomic mass is 9.92. The molecule has 2 aromatic carbocycles. The van der Waals surface area contributed by atoms with Crippen molar-refractivity contribution >= 4 is 0 Å². The summed E-state index contributed by atoms with van der Waals surface area (Å²) in [6.07, 6.45) is 0.645. The lowest BCUT2D eigenvalue weighted by Crippen LogP contribution is -2.19. The standard InChI is InChI=1S/C16H17FO/c1-3-16(2,18)13-10-8-12(9-11-13)14-6-4-5-7-15(14)17/h4-11,18H,3H2,1-2H3. The van der Waals surface area contributed by atoms with Crippen molar-refractivity contribution in [3.63, 3.8) is 0 Å². The van der Waals surface area contributed by atoms with Gasteiger partial charge in [0.2, 0.25) is 0 Å². The summed E-state index contributed by atoms with van der Waals surface area (Å²) in [6.45, 7) is 3.72. The molecule has 18 heavy (non-hydrogen) atoms. The van der Waals surface area contributed by atoms with Gasteiger partial charge >= 0.3 is 0 Å². The van der Waals surface area contributed by atoms with Crippen LogP contribution < -0.4 is 0 Å². The van der Waals surface area contributed by atoms with Crippen molar-refractivity contribution in [2.75, 3.05) is 0 Å². The molecule has 1 N–H and O–H groups in total. The van der Waals surface area contributed by atoms with Crippen LogP contribution in [0.1, 0.15) is 25.8 Å². The van der Waals surface area contributed by atoms with Crippen LogP contribution in [0.15, 0.2) is 48.5 Å². The second kappa shape index (κ2) is 4.91. The fourth-order valence-electron chi connectivity index (χ4n) is 1.91. The SMILES string of the molecule is CCC(C)(O)c1ccc(-c2ccccc2F)cc1. The largest absolute Gasteiger partial charge is 0.385 e. The third kappa shape index (κ3) is 2.44. The summed E-state index contributed by atoms with van der Waals surface area (Å²) in [7, 11) is 0. The maximum Gasteiger partial charge on any atom is 0.131 e. The molecular formula is C16H17FO. The van der Waals surface area contributed by atoms with Gasteiger partial charge in [0.05, 0.1) is 5.60 Å². The number of rotatable bonds is 3. The Balaban J connectivity index is 2.37. The fraction of sp³-hybridized carbons (Fsp3) is 0.250. The second-order valence-corrected chi connectivity index (χ2v) is 4.68. The molecule has 0 aliphatic carbocycles. The van der Waals surface area contributed by atoms with Crippen LogP contribution in [0.3, 0.4) is 0 Å². The molecule has 0 radical (unpaired) electrons. The molecule has 0 amide bonds. The van der Waals surface area contributed by atoms with E-state index in [4.69, 9.17) is 0 Å². The molecule has 2 aromatic rings. The summed E-state index contributed by atoms with van der Waals surface area (Å²) in [5.74, 6) is -0.229. The summed E-state index contributed by atoms with van der Waals surface area (Å²) < 4.78 is 13.6. The van der Waals surface area contributed by atoms with Crippen LogP contribution in [0.25, 0.3) is 11.1 Å². The molecule has 2 heteroatoms. The molecule has 2 rings (SSSR count). The minimum absolute atomic E-state index is 0.229. The minimum Gasteiger partial charge on any atom is -0.385 e. The molecule has 0 fully saturated rings. The Morgan fingerprint density at radius 1 is 1.06 bits per heavy atom. The first-order chi connectivity index (χ1) is 8.54. The molecule has 0 aromatic heterocycles. The van der Waals surface area contributed by atoms with E-state index in [0.29, 0.717) is 12.0 Å². The van der Waals surface area contributed by atoms with E-state index in [1.807, 2.05) is 37.3 Å². The van der Waals surface area contributed by atoms with Gasteiger partial charge in [0.15, 0.2) is 0 Å². The Morgan fingerprint density at radius 3 is 2.22 bits per heavy atom. The van der Waals surface area contributed by atoms with Gasteiger partial charge in [0.25, 0.3) is 0 Å². The Labute approximate surface area is 107 Å². The molecule has 0 heterocycles. The number of benzene rings is 2. The smallest absolute Gasteiger partial charge is 0.131 e. The first kappa shape index (κ1) is 12.8. The Bertz CT molecular complexity index is 529. The van der Waals surface area contributed by atoms with Crippen molar-refractivity contribution < 1.29 is 9.50 Å². The van der Waals surface area contributed by atoms with E-state index in [9.17, 15) is 9.50 Å². The zero-order valence-corrected chi connectivity index (χ0v) is 10.7.